The summed E-state index contributed by atoms with van der Waals surface area (Å²) in [6, 6.07) is 27.9. The van der Waals surface area contributed by atoms with Gasteiger partial charge in [0.05, 0.1) is 0 Å². The van der Waals surface area contributed by atoms with Crippen LogP contribution in [0.25, 0.3) is 11.1 Å². The van der Waals surface area contributed by atoms with Crippen LogP contribution >= 0.6 is 7.81 Å². The Morgan fingerprint density at radius 1 is 0.655 bits per heavy atom. The molecule has 29 heavy (non-hydrogen) atoms. The van der Waals surface area contributed by atoms with Crippen molar-refractivity contribution in [2.45, 2.75) is 22.8 Å². The fourth-order valence-electron chi connectivity index (χ4n) is 2.36. The van der Waals surface area contributed by atoms with Crippen LogP contribution in [0.4, 0.5) is 25.2 Å². The van der Waals surface area contributed by atoms with Crippen molar-refractivity contribution in [1.29, 1.82) is 0 Å². The molecule has 3 aromatic rings. The molecule has 0 bridgehead atoms. The van der Waals surface area contributed by atoms with Gasteiger partial charge in [0.1, 0.15) is 0 Å². The Morgan fingerprint density at radius 3 is 1.45 bits per heavy atom. The fraction of sp³-hybridized carbons (Fsp3) is 0.100. The fourth-order valence-corrected chi connectivity index (χ4v) is 3.28. The first-order valence-corrected chi connectivity index (χ1v) is 11.4. The molecule has 0 saturated heterocycles. The molecular formula is C20H20F6NPS. The molecule has 2 N–H and O–H groups in total. The average Bonchev–Trinajstić information content (AvgIpc) is 2.61. The molecule has 0 spiro atoms. The predicted molar refractivity (Wildman–Crippen MR) is 110 cm³/mol. The zero-order chi connectivity index (χ0) is 21.8. The SMILES string of the molecule is CC(N)c1ccc(-c2ccc([SH+]c3ccccc3)cc2)cc1.F[P-](F)(F)(F)(F)F. The van der Waals surface area contributed by atoms with Gasteiger partial charge in [-0.15, -0.1) is 0 Å². The first kappa shape index (κ1) is 23.3. The van der Waals surface area contributed by atoms with Crippen LogP contribution in [0.15, 0.2) is 88.7 Å². The van der Waals surface area contributed by atoms with Gasteiger partial charge in [-0.3, -0.25) is 0 Å². The summed E-state index contributed by atoms with van der Waals surface area (Å²) < 4.78 is 59.2. The number of hydrogen-bond acceptors (Lipinski definition) is 1. The molecule has 0 saturated carbocycles. The quantitative estimate of drug-likeness (QED) is 0.185. The van der Waals surface area contributed by atoms with E-state index in [0.717, 1.165) is 0 Å². The minimum atomic E-state index is -10.7. The molecule has 1 atom stereocenters. The van der Waals surface area contributed by atoms with Gasteiger partial charge >= 0.3 is 33.0 Å². The molecule has 0 radical (unpaired) electrons. The van der Waals surface area contributed by atoms with E-state index in [-0.39, 0.29) is 6.04 Å². The van der Waals surface area contributed by atoms with Crippen LogP contribution in [0.5, 0.6) is 0 Å². The van der Waals surface area contributed by atoms with Gasteiger partial charge in [0, 0.05) is 17.8 Å². The maximum atomic E-state index is 9.87. The van der Waals surface area contributed by atoms with Crippen molar-refractivity contribution in [2.24, 2.45) is 5.73 Å². The third kappa shape index (κ3) is 10.4. The standard InChI is InChI=1S/C20H19NS.F6P/c1-15(21)16-7-9-17(10-8-16)18-11-13-20(14-12-18)22-19-5-3-2-4-6-19;1-7(2,3,4,5)6/h2-15H,21H2,1H3;/q;-1/p+1. The normalized spacial score (nSPS) is 14.8. The summed E-state index contributed by atoms with van der Waals surface area (Å²) in [7, 11) is -10.7. The van der Waals surface area contributed by atoms with Crippen LogP contribution in [0, 0.1) is 0 Å². The molecule has 0 fully saturated rings. The van der Waals surface area contributed by atoms with Gasteiger partial charge in [0.2, 0.25) is 0 Å². The molecule has 0 amide bonds. The number of rotatable bonds is 4. The van der Waals surface area contributed by atoms with E-state index in [0.29, 0.717) is 0 Å². The van der Waals surface area contributed by atoms with Gasteiger partial charge < -0.3 is 5.73 Å². The molecule has 0 aliphatic carbocycles. The number of nitrogens with two attached hydrogens (primary N) is 1. The summed E-state index contributed by atoms with van der Waals surface area (Å²) in [5, 5.41) is 0. The molecule has 0 aliphatic rings. The second kappa shape index (κ2) is 8.01. The van der Waals surface area contributed by atoms with Crippen molar-refractivity contribution >= 4 is 19.6 Å². The van der Waals surface area contributed by atoms with Crippen LogP contribution in [-0.2, 0) is 11.8 Å². The van der Waals surface area contributed by atoms with Crippen molar-refractivity contribution < 1.29 is 25.2 Å². The average molecular weight is 451 g/mol. The molecule has 9 heteroatoms. The Hall–Kier alpha value is -2.02. The summed E-state index contributed by atoms with van der Waals surface area (Å²) in [5.74, 6) is 0. The summed E-state index contributed by atoms with van der Waals surface area (Å²) in [6.07, 6.45) is 0. The molecule has 0 aromatic heterocycles. The Morgan fingerprint density at radius 2 is 1.03 bits per heavy atom. The predicted octanol–water partition coefficient (Wildman–Crippen LogP) is 7.99. The Kier molecular flexibility index (Phi) is 6.43. The Balaban J connectivity index is 0.000000370. The first-order valence-electron chi connectivity index (χ1n) is 8.46. The summed E-state index contributed by atoms with van der Waals surface area (Å²) >= 11 is 1.25. The van der Waals surface area contributed by atoms with Gasteiger partial charge in [-0.2, -0.15) is 0 Å². The van der Waals surface area contributed by atoms with Crippen molar-refractivity contribution in [3.05, 3.63) is 84.4 Å². The van der Waals surface area contributed by atoms with E-state index in [9.17, 15) is 25.2 Å². The van der Waals surface area contributed by atoms with Crippen LogP contribution in [0.1, 0.15) is 18.5 Å². The van der Waals surface area contributed by atoms with Crippen LogP contribution in [-0.4, -0.2) is 0 Å². The Labute approximate surface area is 169 Å². The second-order valence-corrected chi connectivity index (χ2v) is 9.54. The summed E-state index contributed by atoms with van der Waals surface area (Å²) in [6.45, 7) is 2.01. The van der Waals surface area contributed by atoms with Crippen LogP contribution in [0.2, 0.25) is 0 Å². The zero-order valence-electron chi connectivity index (χ0n) is 15.3. The van der Waals surface area contributed by atoms with E-state index >= 15 is 0 Å². The molecule has 0 heterocycles. The van der Waals surface area contributed by atoms with E-state index in [1.807, 2.05) is 13.0 Å². The van der Waals surface area contributed by atoms with Crippen LogP contribution < -0.4 is 5.73 Å². The van der Waals surface area contributed by atoms with Gasteiger partial charge in [-0.25, -0.2) is 0 Å². The molecule has 3 aromatic carbocycles. The van der Waals surface area contributed by atoms with Gasteiger partial charge in [-0.05, 0) is 60.0 Å². The summed E-state index contributed by atoms with van der Waals surface area (Å²) in [5.41, 5.74) is 9.53. The third-order valence-electron chi connectivity index (χ3n) is 3.65. The molecule has 1 nitrogen and oxygen atoms in total. The summed E-state index contributed by atoms with van der Waals surface area (Å²) in [4.78, 5) is 2.62. The molecule has 0 aliphatic heterocycles. The van der Waals surface area contributed by atoms with Gasteiger partial charge in [0.25, 0.3) is 0 Å². The van der Waals surface area contributed by atoms with Crippen LogP contribution in [0.3, 0.4) is 0 Å². The monoisotopic (exact) mass is 451 g/mol. The molecule has 158 valence electrons. The van der Waals surface area contributed by atoms with Gasteiger partial charge in [-0.1, -0.05) is 42.5 Å². The van der Waals surface area contributed by atoms with E-state index in [4.69, 9.17) is 5.73 Å². The van der Waals surface area contributed by atoms with Crippen molar-refractivity contribution in [3.63, 3.8) is 0 Å². The van der Waals surface area contributed by atoms with Crippen molar-refractivity contribution in [3.8, 4) is 11.1 Å². The van der Waals surface area contributed by atoms with E-state index in [2.05, 4.69) is 72.8 Å². The van der Waals surface area contributed by atoms with E-state index in [1.54, 1.807) is 0 Å². The molecule has 1 unspecified atom stereocenters. The topological polar surface area (TPSA) is 26.0 Å². The Bertz CT molecular complexity index is 914. The second-order valence-electron chi connectivity index (χ2n) is 6.36. The number of hydrogen-bond donors (Lipinski definition) is 1. The van der Waals surface area contributed by atoms with E-state index in [1.165, 1.54) is 38.2 Å². The number of benzene rings is 3. The third-order valence-corrected chi connectivity index (χ3v) is 4.76. The number of thiol groups is 1. The van der Waals surface area contributed by atoms with Crippen molar-refractivity contribution in [2.75, 3.05) is 0 Å². The van der Waals surface area contributed by atoms with Gasteiger partial charge in [0.15, 0.2) is 9.79 Å². The van der Waals surface area contributed by atoms with Crippen molar-refractivity contribution in [1.82, 2.24) is 0 Å². The first-order chi connectivity index (χ1) is 13.2. The molecule has 3 rings (SSSR count). The molecular weight excluding hydrogens is 431 g/mol. The number of halogens is 6. The minimum absolute atomic E-state index is 0.0844. The maximum absolute atomic E-state index is 10.7. The van der Waals surface area contributed by atoms with E-state index < -0.39 is 7.81 Å². The zero-order valence-corrected chi connectivity index (χ0v) is 17.1.